The summed E-state index contributed by atoms with van der Waals surface area (Å²) >= 11 is 0. The van der Waals surface area contributed by atoms with Gasteiger partial charge in [-0.3, -0.25) is 9.59 Å². The lowest BCUT2D eigenvalue weighted by Gasteiger charge is -2.07. The number of Topliss-reactive ketones (excluding diaryl/α,β-unsaturated/α-hetero) is 1. The fourth-order valence-electron chi connectivity index (χ4n) is 1.90. The maximum Gasteiger partial charge on any atom is 0.307 e. The van der Waals surface area contributed by atoms with Crippen molar-refractivity contribution in [2.24, 2.45) is 0 Å². The summed E-state index contributed by atoms with van der Waals surface area (Å²) in [7, 11) is 0. The van der Waals surface area contributed by atoms with Crippen molar-refractivity contribution >= 4 is 11.8 Å². The lowest BCUT2D eigenvalue weighted by molar-refractivity contribution is -0.136. The van der Waals surface area contributed by atoms with Crippen LogP contribution in [-0.2, 0) is 11.2 Å². The molecular formula is C17H16O4. The summed E-state index contributed by atoms with van der Waals surface area (Å²) in [6.07, 6.45) is 0.472. The second kappa shape index (κ2) is 6.70. The quantitative estimate of drug-likeness (QED) is 0.821. The van der Waals surface area contributed by atoms with Crippen molar-refractivity contribution in [2.75, 3.05) is 0 Å². The summed E-state index contributed by atoms with van der Waals surface area (Å²) in [5, 5.41) is 8.70. The van der Waals surface area contributed by atoms with Crippen molar-refractivity contribution in [1.82, 2.24) is 0 Å². The molecule has 4 nitrogen and oxygen atoms in total. The van der Waals surface area contributed by atoms with E-state index in [4.69, 9.17) is 9.84 Å². The molecule has 0 aliphatic heterocycles. The zero-order valence-corrected chi connectivity index (χ0v) is 11.7. The van der Waals surface area contributed by atoms with Crippen LogP contribution in [-0.4, -0.2) is 16.9 Å². The molecule has 0 saturated carbocycles. The van der Waals surface area contributed by atoms with E-state index in [2.05, 4.69) is 0 Å². The Kier molecular flexibility index (Phi) is 4.72. The molecule has 0 spiro atoms. The topological polar surface area (TPSA) is 63.6 Å². The lowest BCUT2D eigenvalue weighted by atomic mass is 10.1. The fourth-order valence-corrected chi connectivity index (χ4v) is 1.90. The van der Waals surface area contributed by atoms with Gasteiger partial charge in [0.05, 0.1) is 6.42 Å². The van der Waals surface area contributed by atoms with Gasteiger partial charge in [0.15, 0.2) is 5.78 Å². The van der Waals surface area contributed by atoms with Crippen molar-refractivity contribution in [1.29, 1.82) is 0 Å². The number of carboxylic acid groups (broad SMARTS) is 1. The smallest absolute Gasteiger partial charge is 0.307 e. The lowest BCUT2D eigenvalue weighted by Crippen LogP contribution is -1.99. The predicted octanol–water partition coefficient (Wildman–Crippen LogP) is 3.70. The highest BCUT2D eigenvalue weighted by Gasteiger charge is 2.04. The minimum atomic E-state index is -0.861. The van der Waals surface area contributed by atoms with Crippen LogP contribution in [0, 0.1) is 0 Å². The van der Waals surface area contributed by atoms with Gasteiger partial charge in [-0.15, -0.1) is 0 Å². The molecule has 0 radical (unpaired) electrons. The first-order chi connectivity index (χ1) is 10.1. The average Bonchev–Trinajstić information content (AvgIpc) is 2.49. The summed E-state index contributed by atoms with van der Waals surface area (Å²) in [4.78, 5) is 22.1. The highest BCUT2D eigenvalue weighted by atomic mass is 16.5. The molecule has 0 aromatic heterocycles. The SMILES string of the molecule is CCC(=O)c1ccc(Oc2ccc(CC(=O)O)cc2)cc1. The highest BCUT2D eigenvalue weighted by molar-refractivity contribution is 5.95. The summed E-state index contributed by atoms with van der Waals surface area (Å²) in [6, 6.07) is 13.9. The summed E-state index contributed by atoms with van der Waals surface area (Å²) in [5.41, 5.74) is 1.39. The van der Waals surface area contributed by atoms with E-state index >= 15 is 0 Å². The maximum absolute atomic E-state index is 11.5. The predicted molar refractivity (Wildman–Crippen MR) is 78.9 cm³/mol. The van der Waals surface area contributed by atoms with E-state index in [1.807, 2.05) is 6.92 Å². The van der Waals surface area contributed by atoms with Gasteiger partial charge in [-0.05, 0) is 42.0 Å². The van der Waals surface area contributed by atoms with Crippen LogP contribution in [0.4, 0.5) is 0 Å². The number of ketones is 1. The van der Waals surface area contributed by atoms with Crippen LogP contribution in [0.5, 0.6) is 11.5 Å². The molecule has 0 aliphatic rings. The minimum absolute atomic E-state index is 0.00585. The Morgan fingerprint density at radius 1 is 0.952 bits per heavy atom. The van der Waals surface area contributed by atoms with Gasteiger partial charge in [-0.2, -0.15) is 0 Å². The third-order valence-corrected chi connectivity index (χ3v) is 3.01. The van der Waals surface area contributed by atoms with Crippen LogP contribution < -0.4 is 4.74 Å². The second-order valence-corrected chi connectivity index (χ2v) is 4.62. The number of carbonyl (C=O) groups excluding carboxylic acids is 1. The van der Waals surface area contributed by atoms with Crippen molar-refractivity contribution in [3.05, 3.63) is 59.7 Å². The number of ether oxygens (including phenoxy) is 1. The molecule has 0 fully saturated rings. The number of rotatable bonds is 6. The molecule has 4 heteroatoms. The van der Waals surface area contributed by atoms with Gasteiger partial charge in [0.1, 0.15) is 11.5 Å². The standard InChI is InChI=1S/C17H16O4/c1-2-16(18)13-5-9-15(10-6-13)21-14-7-3-12(4-8-14)11-17(19)20/h3-10H,2,11H2,1H3,(H,19,20). The summed E-state index contributed by atoms with van der Waals surface area (Å²) < 4.78 is 5.65. The number of hydrogen-bond donors (Lipinski definition) is 1. The third kappa shape index (κ3) is 4.18. The average molecular weight is 284 g/mol. The Balaban J connectivity index is 2.04. The molecule has 0 amide bonds. The van der Waals surface area contributed by atoms with Crippen molar-refractivity contribution in [2.45, 2.75) is 19.8 Å². The summed E-state index contributed by atoms with van der Waals surface area (Å²) in [5.74, 6) is 0.492. The largest absolute Gasteiger partial charge is 0.481 e. The van der Waals surface area contributed by atoms with Gasteiger partial charge >= 0.3 is 5.97 Å². The molecule has 0 aliphatic carbocycles. The van der Waals surface area contributed by atoms with Crippen LogP contribution in [0.3, 0.4) is 0 Å². The zero-order chi connectivity index (χ0) is 15.2. The van der Waals surface area contributed by atoms with E-state index < -0.39 is 5.97 Å². The zero-order valence-electron chi connectivity index (χ0n) is 11.7. The van der Waals surface area contributed by atoms with Gasteiger partial charge in [0.25, 0.3) is 0 Å². The monoisotopic (exact) mass is 284 g/mol. The van der Waals surface area contributed by atoms with E-state index in [1.165, 1.54) is 0 Å². The van der Waals surface area contributed by atoms with Crippen LogP contribution in [0.1, 0.15) is 29.3 Å². The Morgan fingerprint density at radius 2 is 1.48 bits per heavy atom. The van der Waals surface area contributed by atoms with Crippen LogP contribution in [0.15, 0.2) is 48.5 Å². The van der Waals surface area contributed by atoms with Crippen LogP contribution >= 0.6 is 0 Å². The first-order valence-electron chi connectivity index (χ1n) is 6.70. The number of aliphatic carboxylic acids is 1. The molecule has 0 bridgehead atoms. The number of benzene rings is 2. The van der Waals surface area contributed by atoms with Crippen LogP contribution in [0.2, 0.25) is 0 Å². The van der Waals surface area contributed by atoms with Crippen molar-refractivity contribution in [3.8, 4) is 11.5 Å². The molecular weight excluding hydrogens is 268 g/mol. The van der Waals surface area contributed by atoms with E-state index in [-0.39, 0.29) is 12.2 Å². The minimum Gasteiger partial charge on any atom is -0.481 e. The first kappa shape index (κ1) is 14.8. The van der Waals surface area contributed by atoms with Crippen molar-refractivity contribution in [3.63, 3.8) is 0 Å². The molecule has 0 atom stereocenters. The van der Waals surface area contributed by atoms with E-state index in [9.17, 15) is 9.59 Å². The van der Waals surface area contributed by atoms with Crippen LogP contribution in [0.25, 0.3) is 0 Å². The highest BCUT2D eigenvalue weighted by Crippen LogP contribution is 2.22. The van der Waals surface area contributed by atoms with E-state index in [0.29, 0.717) is 23.5 Å². The number of carboxylic acids is 1. The second-order valence-electron chi connectivity index (χ2n) is 4.62. The normalized spacial score (nSPS) is 10.1. The molecule has 2 rings (SSSR count). The molecule has 2 aromatic rings. The van der Waals surface area contributed by atoms with Gasteiger partial charge in [0, 0.05) is 12.0 Å². The van der Waals surface area contributed by atoms with Gasteiger partial charge in [0.2, 0.25) is 0 Å². The number of hydrogen-bond acceptors (Lipinski definition) is 3. The Morgan fingerprint density at radius 3 is 1.95 bits per heavy atom. The van der Waals surface area contributed by atoms with E-state index in [0.717, 1.165) is 5.56 Å². The third-order valence-electron chi connectivity index (χ3n) is 3.01. The van der Waals surface area contributed by atoms with Gasteiger partial charge in [-0.1, -0.05) is 19.1 Å². The molecule has 1 N–H and O–H groups in total. The molecule has 0 heterocycles. The Hall–Kier alpha value is -2.62. The molecule has 108 valence electrons. The first-order valence-corrected chi connectivity index (χ1v) is 6.70. The Bertz CT molecular complexity index is 627. The fraction of sp³-hybridized carbons (Fsp3) is 0.176. The molecule has 21 heavy (non-hydrogen) atoms. The van der Waals surface area contributed by atoms with E-state index in [1.54, 1.807) is 48.5 Å². The molecule has 0 unspecified atom stereocenters. The molecule has 2 aromatic carbocycles. The van der Waals surface area contributed by atoms with Gasteiger partial charge in [-0.25, -0.2) is 0 Å². The molecule has 0 saturated heterocycles. The Labute approximate surface area is 123 Å². The van der Waals surface area contributed by atoms with Gasteiger partial charge < -0.3 is 9.84 Å². The number of carbonyl (C=O) groups is 2. The maximum atomic E-state index is 11.5. The summed E-state index contributed by atoms with van der Waals surface area (Å²) in [6.45, 7) is 1.82. The van der Waals surface area contributed by atoms with Crippen molar-refractivity contribution < 1.29 is 19.4 Å².